The van der Waals surface area contributed by atoms with E-state index in [1.54, 1.807) is 24.9 Å². The first kappa shape index (κ1) is 6.47. The average Bonchev–Trinajstić information content (AvgIpc) is 2.65. The molecule has 3 aromatic rings. The minimum Gasteiger partial charge on any atom is -0.264 e. The zero-order valence-corrected chi connectivity index (χ0v) is 6.62. The van der Waals surface area contributed by atoms with Gasteiger partial charge in [0, 0.05) is 17.8 Å². The molecule has 13 heavy (non-hydrogen) atoms. The van der Waals surface area contributed by atoms with Crippen LogP contribution in [0.2, 0.25) is 0 Å². The number of nitrogens with zero attached hydrogens (tertiary/aromatic N) is 5. The lowest BCUT2D eigenvalue weighted by atomic mass is 10.3. The minimum absolute atomic E-state index is 0.598. The molecule has 0 aliphatic heterocycles. The summed E-state index contributed by atoms with van der Waals surface area (Å²) < 4.78 is 1.81. The molecule has 0 saturated carbocycles. The van der Waals surface area contributed by atoms with E-state index in [1.807, 2.05) is 10.5 Å². The molecule has 3 aromatic heterocycles. The maximum Gasteiger partial charge on any atom is 0.255 e. The summed E-state index contributed by atoms with van der Waals surface area (Å²) in [4.78, 5) is 8.17. The molecule has 0 bridgehead atoms. The van der Waals surface area contributed by atoms with Gasteiger partial charge < -0.3 is 0 Å². The van der Waals surface area contributed by atoms with Gasteiger partial charge in [0.1, 0.15) is 6.33 Å². The molecule has 0 atom stereocenters. The van der Waals surface area contributed by atoms with Crippen LogP contribution in [0.3, 0.4) is 0 Å². The molecule has 0 aliphatic rings. The largest absolute Gasteiger partial charge is 0.264 e. The van der Waals surface area contributed by atoms with Gasteiger partial charge in [-0.1, -0.05) is 0 Å². The summed E-state index contributed by atoms with van der Waals surface area (Å²) in [6.07, 6.45) is 6.90. The highest BCUT2D eigenvalue weighted by molar-refractivity contribution is 5.78. The first-order valence-corrected chi connectivity index (χ1v) is 3.83. The van der Waals surface area contributed by atoms with Crippen LogP contribution in [0, 0.1) is 0 Å². The molecular formula is C8H5N5. The van der Waals surface area contributed by atoms with E-state index in [0.29, 0.717) is 5.78 Å². The van der Waals surface area contributed by atoms with Gasteiger partial charge in [0.05, 0.1) is 11.7 Å². The van der Waals surface area contributed by atoms with Gasteiger partial charge in [0.25, 0.3) is 5.78 Å². The zero-order chi connectivity index (χ0) is 8.67. The number of hydrogen-bond donors (Lipinski definition) is 0. The molecule has 0 aliphatic carbocycles. The third-order valence-corrected chi connectivity index (χ3v) is 1.94. The van der Waals surface area contributed by atoms with Crippen LogP contribution in [0.15, 0.2) is 31.0 Å². The number of rotatable bonds is 0. The molecule has 0 radical (unpaired) electrons. The molecule has 0 spiro atoms. The molecule has 0 fully saturated rings. The van der Waals surface area contributed by atoms with Crippen LogP contribution in [0.4, 0.5) is 0 Å². The Morgan fingerprint density at radius 3 is 3.23 bits per heavy atom. The quantitative estimate of drug-likeness (QED) is 0.499. The number of aromatic nitrogens is 5. The van der Waals surface area contributed by atoms with Crippen molar-refractivity contribution in [2.75, 3.05) is 0 Å². The van der Waals surface area contributed by atoms with Gasteiger partial charge in [-0.2, -0.15) is 0 Å². The lowest BCUT2D eigenvalue weighted by Crippen LogP contribution is -1.90. The SMILES string of the molecule is c1cc2cnc3nncn3c2cn1. The van der Waals surface area contributed by atoms with Crippen molar-refractivity contribution in [3.63, 3.8) is 0 Å². The molecule has 0 N–H and O–H groups in total. The number of hydrogen-bond acceptors (Lipinski definition) is 4. The van der Waals surface area contributed by atoms with Crippen molar-refractivity contribution in [3.05, 3.63) is 31.0 Å². The maximum atomic E-state index is 4.13. The van der Waals surface area contributed by atoms with Gasteiger partial charge >= 0.3 is 0 Å². The van der Waals surface area contributed by atoms with Gasteiger partial charge in [0.2, 0.25) is 0 Å². The second kappa shape index (κ2) is 2.22. The molecule has 3 rings (SSSR count). The Bertz CT molecular complexity index is 571. The molecule has 5 heteroatoms. The Kier molecular flexibility index (Phi) is 1.11. The first-order chi connectivity index (χ1) is 6.45. The second-order valence-corrected chi connectivity index (χ2v) is 2.69. The highest BCUT2D eigenvalue weighted by atomic mass is 15.3. The van der Waals surface area contributed by atoms with E-state index in [0.717, 1.165) is 10.9 Å². The number of pyridine rings is 1. The Morgan fingerprint density at radius 1 is 1.23 bits per heavy atom. The second-order valence-electron chi connectivity index (χ2n) is 2.69. The lowest BCUT2D eigenvalue weighted by Gasteiger charge is -1.97. The van der Waals surface area contributed by atoms with Crippen molar-refractivity contribution in [2.24, 2.45) is 0 Å². The van der Waals surface area contributed by atoms with Crippen molar-refractivity contribution in [2.45, 2.75) is 0 Å². The van der Waals surface area contributed by atoms with E-state index in [1.165, 1.54) is 0 Å². The van der Waals surface area contributed by atoms with Gasteiger partial charge in [-0.15, -0.1) is 10.2 Å². The summed E-state index contributed by atoms with van der Waals surface area (Å²) in [7, 11) is 0. The van der Waals surface area contributed by atoms with E-state index in [-0.39, 0.29) is 0 Å². The summed E-state index contributed by atoms with van der Waals surface area (Å²) in [6.45, 7) is 0. The summed E-state index contributed by atoms with van der Waals surface area (Å²) in [5, 5.41) is 8.65. The van der Waals surface area contributed by atoms with Gasteiger partial charge in [-0.25, -0.2) is 4.98 Å². The Morgan fingerprint density at radius 2 is 2.23 bits per heavy atom. The average molecular weight is 171 g/mol. The van der Waals surface area contributed by atoms with Crippen molar-refractivity contribution >= 4 is 16.7 Å². The van der Waals surface area contributed by atoms with Gasteiger partial charge in [0.15, 0.2) is 0 Å². The predicted molar refractivity (Wildman–Crippen MR) is 46.1 cm³/mol. The van der Waals surface area contributed by atoms with Crippen molar-refractivity contribution < 1.29 is 0 Å². The standard InChI is InChI=1S/C8H5N5/c1-2-9-4-7-6(1)3-10-8-12-11-5-13(7)8/h1-5H. The van der Waals surface area contributed by atoms with Crippen molar-refractivity contribution in [1.29, 1.82) is 0 Å². The molecule has 0 unspecified atom stereocenters. The van der Waals surface area contributed by atoms with Crippen LogP contribution in [-0.2, 0) is 0 Å². The van der Waals surface area contributed by atoms with Crippen molar-refractivity contribution in [3.8, 4) is 0 Å². The van der Waals surface area contributed by atoms with E-state index < -0.39 is 0 Å². The normalized spacial score (nSPS) is 11.1. The fourth-order valence-corrected chi connectivity index (χ4v) is 1.32. The summed E-state index contributed by atoms with van der Waals surface area (Å²) in [6, 6.07) is 1.90. The maximum absolute atomic E-state index is 4.13. The highest BCUT2D eigenvalue weighted by Crippen LogP contribution is 2.10. The molecule has 0 aromatic carbocycles. The fraction of sp³-hybridized carbons (Fsp3) is 0. The Balaban J connectivity index is 2.65. The topological polar surface area (TPSA) is 56.0 Å². The molecule has 5 nitrogen and oxygen atoms in total. The lowest BCUT2D eigenvalue weighted by molar-refractivity contribution is 1.10. The van der Waals surface area contributed by atoms with E-state index >= 15 is 0 Å². The third kappa shape index (κ3) is 0.807. The Hall–Kier alpha value is -2.04. The number of fused-ring (bicyclic) bond motifs is 3. The summed E-state index contributed by atoms with van der Waals surface area (Å²) in [5.41, 5.74) is 0.970. The molecule has 3 heterocycles. The Labute approximate surface area is 73.1 Å². The van der Waals surface area contributed by atoms with Crippen LogP contribution in [0.5, 0.6) is 0 Å². The third-order valence-electron chi connectivity index (χ3n) is 1.94. The van der Waals surface area contributed by atoms with Crippen LogP contribution in [-0.4, -0.2) is 24.6 Å². The van der Waals surface area contributed by atoms with Crippen LogP contribution >= 0.6 is 0 Å². The highest BCUT2D eigenvalue weighted by Gasteiger charge is 2.00. The van der Waals surface area contributed by atoms with Gasteiger partial charge in [-0.05, 0) is 6.07 Å². The van der Waals surface area contributed by atoms with Crippen LogP contribution in [0.25, 0.3) is 16.7 Å². The minimum atomic E-state index is 0.598. The van der Waals surface area contributed by atoms with Crippen LogP contribution in [0.1, 0.15) is 0 Å². The van der Waals surface area contributed by atoms with E-state index in [9.17, 15) is 0 Å². The van der Waals surface area contributed by atoms with E-state index in [2.05, 4.69) is 20.2 Å². The first-order valence-electron chi connectivity index (χ1n) is 3.83. The van der Waals surface area contributed by atoms with Crippen LogP contribution < -0.4 is 0 Å². The van der Waals surface area contributed by atoms with Gasteiger partial charge in [-0.3, -0.25) is 9.38 Å². The molecule has 0 amide bonds. The molecular weight excluding hydrogens is 166 g/mol. The smallest absolute Gasteiger partial charge is 0.255 e. The van der Waals surface area contributed by atoms with E-state index in [4.69, 9.17) is 0 Å². The molecule has 0 saturated heterocycles. The van der Waals surface area contributed by atoms with Crippen molar-refractivity contribution in [1.82, 2.24) is 24.6 Å². The molecule has 62 valence electrons. The summed E-state index contributed by atoms with van der Waals surface area (Å²) in [5.74, 6) is 0.598. The predicted octanol–water partition coefficient (Wildman–Crippen LogP) is 0.672. The monoisotopic (exact) mass is 171 g/mol. The summed E-state index contributed by atoms with van der Waals surface area (Å²) >= 11 is 0. The fourth-order valence-electron chi connectivity index (χ4n) is 1.32. The zero-order valence-electron chi connectivity index (χ0n) is 6.62.